The first kappa shape index (κ1) is 15.0. The van der Waals surface area contributed by atoms with Crippen LogP contribution in [0, 0.1) is 20.8 Å². The van der Waals surface area contributed by atoms with Crippen molar-refractivity contribution in [2.45, 2.75) is 20.8 Å². The zero-order valence-electron chi connectivity index (χ0n) is 13.4. The number of amides is 1. The maximum absolute atomic E-state index is 12.3. The zero-order valence-corrected chi connectivity index (χ0v) is 13.4. The van der Waals surface area contributed by atoms with Gasteiger partial charge in [0.2, 0.25) is 0 Å². The number of rotatable bonds is 3. The second-order valence-corrected chi connectivity index (χ2v) is 5.67. The number of carbonyl (C=O) groups is 1. The highest BCUT2D eigenvalue weighted by Crippen LogP contribution is 2.33. The molecule has 0 fully saturated rings. The van der Waals surface area contributed by atoms with Crippen molar-refractivity contribution in [2.75, 3.05) is 5.32 Å². The van der Waals surface area contributed by atoms with E-state index in [9.17, 15) is 4.79 Å². The number of hydrogen-bond donors (Lipinski definition) is 1. The Balaban J connectivity index is 1.96. The van der Waals surface area contributed by atoms with Crippen LogP contribution in [0.25, 0.3) is 11.3 Å². The Hall–Kier alpha value is -2.88. The molecular weight excluding hydrogens is 288 g/mol. The van der Waals surface area contributed by atoms with Crippen molar-refractivity contribution < 1.29 is 9.32 Å². The third-order valence-electron chi connectivity index (χ3n) is 3.77. The Morgan fingerprint density at radius 2 is 1.70 bits per heavy atom. The molecule has 4 nitrogen and oxygen atoms in total. The van der Waals surface area contributed by atoms with E-state index >= 15 is 0 Å². The molecule has 0 bridgehead atoms. The van der Waals surface area contributed by atoms with Gasteiger partial charge < -0.3 is 9.84 Å². The van der Waals surface area contributed by atoms with Gasteiger partial charge in [0.05, 0.1) is 0 Å². The van der Waals surface area contributed by atoms with Gasteiger partial charge >= 0.3 is 0 Å². The molecule has 116 valence electrons. The van der Waals surface area contributed by atoms with Gasteiger partial charge in [-0.15, -0.1) is 0 Å². The molecule has 4 heteroatoms. The first-order chi connectivity index (χ1) is 11.1. The fourth-order valence-electron chi connectivity index (χ4n) is 2.84. The lowest BCUT2D eigenvalue weighted by Gasteiger charge is -2.11. The molecule has 1 aromatic heterocycles. The maximum Gasteiger partial charge on any atom is 0.255 e. The van der Waals surface area contributed by atoms with Gasteiger partial charge in [0.1, 0.15) is 17.6 Å². The summed E-state index contributed by atoms with van der Waals surface area (Å²) in [7, 11) is 0. The van der Waals surface area contributed by atoms with E-state index < -0.39 is 0 Å². The Labute approximate surface area is 135 Å². The molecule has 0 spiro atoms. The third kappa shape index (κ3) is 3.01. The van der Waals surface area contributed by atoms with Crippen LogP contribution < -0.4 is 5.32 Å². The van der Waals surface area contributed by atoms with E-state index in [0.29, 0.717) is 16.9 Å². The summed E-state index contributed by atoms with van der Waals surface area (Å²) in [5, 5.41) is 6.97. The van der Waals surface area contributed by atoms with E-state index in [1.54, 1.807) is 12.1 Å². The van der Waals surface area contributed by atoms with Gasteiger partial charge in [-0.05, 0) is 44.0 Å². The lowest BCUT2D eigenvalue weighted by molar-refractivity contribution is 0.102. The molecule has 0 saturated carbocycles. The zero-order chi connectivity index (χ0) is 16.4. The average molecular weight is 306 g/mol. The van der Waals surface area contributed by atoms with Crippen molar-refractivity contribution in [1.82, 2.24) is 5.16 Å². The maximum atomic E-state index is 12.3. The summed E-state index contributed by atoms with van der Waals surface area (Å²) in [5.41, 5.74) is 6.23. The number of nitrogens with zero attached hydrogens (tertiary/aromatic N) is 1. The predicted octanol–water partition coefficient (Wildman–Crippen LogP) is 4.52. The van der Waals surface area contributed by atoms with Crippen LogP contribution >= 0.6 is 0 Å². The second-order valence-electron chi connectivity index (χ2n) is 5.67. The van der Waals surface area contributed by atoms with Crippen molar-refractivity contribution in [3.63, 3.8) is 0 Å². The van der Waals surface area contributed by atoms with E-state index in [1.165, 1.54) is 11.8 Å². The quantitative estimate of drug-likeness (QED) is 0.774. The molecule has 23 heavy (non-hydrogen) atoms. The highest BCUT2D eigenvalue weighted by atomic mass is 16.5. The predicted molar refractivity (Wildman–Crippen MR) is 90.5 cm³/mol. The highest BCUT2D eigenvalue weighted by molar-refractivity contribution is 6.05. The normalized spacial score (nSPS) is 10.6. The molecule has 0 aliphatic carbocycles. The fraction of sp³-hybridized carbons (Fsp3) is 0.158. The van der Waals surface area contributed by atoms with E-state index in [4.69, 9.17) is 4.52 Å². The number of aryl methyl sites for hydroxylation is 3. The van der Waals surface area contributed by atoms with Crippen molar-refractivity contribution in [3.8, 4) is 11.3 Å². The van der Waals surface area contributed by atoms with Gasteiger partial charge in [-0.1, -0.05) is 41.1 Å². The number of nitrogens with one attached hydrogen (secondary N) is 1. The minimum absolute atomic E-state index is 0.183. The molecule has 0 unspecified atom stereocenters. The first-order valence-electron chi connectivity index (χ1n) is 7.45. The number of benzene rings is 2. The highest BCUT2D eigenvalue weighted by Gasteiger charge is 2.17. The molecule has 1 amide bonds. The topological polar surface area (TPSA) is 55.1 Å². The lowest BCUT2D eigenvalue weighted by atomic mass is 9.97. The van der Waals surface area contributed by atoms with Gasteiger partial charge in [-0.3, -0.25) is 4.79 Å². The van der Waals surface area contributed by atoms with Crippen LogP contribution in [0.1, 0.15) is 27.0 Å². The molecular formula is C19H18N2O2. The van der Waals surface area contributed by atoms with Crippen LogP contribution in [0.4, 0.5) is 5.69 Å². The largest absolute Gasteiger partial charge is 0.362 e. The summed E-state index contributed by atoms with van der Waals surface area (Å²) in [5.74, 6) is -0.183. The van der Waals surface area contributed by atoms with E-state index in [-0.39, 0.29) is 5.91 Å². The van der Waals surface area contributed by atoms with Crippen LogP contribution in [0.3, 0.4) is 0 Å². The Morgan fingerprint density at radius 1 is 1.04 bits per heavy atom. The summed E-state index contributed by atoms with van der Waals surface area (Å²) >= 11 is 0. The fourth-order valence-corrected chi connectivity index (χ4v) is 2.84. The van der Waals surface area contributed by atoms with Gasteiger partial charge in [0, 0.05) is 11.1 Å². The number of hydrogen-bond acceptors (Lipinski definition) is 3. The molecule has 0 atom stereocenters. The van der Waals surface area contributed by atoms with E-state index in [0.717, 1.165) is 16.7 Å². The monoisotopic (exact) mass is 306 g/mol. The van der Waals surface area contributed by atoms with Crippen LogP contribution in [-0.4, -0.2) is 11.1 Å². The number of anilines is 1. The standard InChI is InChI=1S/C19H18N2O2/c1-12-9-13(2)17(14(3)10-12)18-16(11-23-21-18)20-19(22)15-7-5-4-6-8-15/h4-11H,1-3H3,(H,20,22). The van der Waals surface area contributed by atoms with Gasteiger partial charge in [-0.25, -0.2) is 0 Å². The SMILES string of the molecule is Cc1cc(C)c(-c2nocc2NC(=O)c2ccccc2)c(C)c1. The van der Waals surface area contributed by atoms with Gasteiger partial charge in [-0.2, -0.15) is 0 Å². The molecule has 3 rings (SSSR count). The molecule has 0 radical (unpaired) electrons. The summed E-state index contributed by atoms with van der Waals surface area (Å²) in [4.78, 5) is 12.3. The van der Waals surface area contributed by atoms with Crippen LogP contribution in [0.15, 0.2) is 53.3 Å². The summed E-state index contributed by atoms with van der Waals surface area (Å²) in [6, 6.07) is 13.3. The summed E-state index contributed by atoms with van der Waals surface area (Å²) < 4.78 is 5.11. The average Bonchev–Trinajstić information content (AvgIpc) is 2.95. The second kappa shape index (κ2) is 6.08. The van der Waals surface area contributed by atoms with E-state index in [1.807, 2.05) is 32.0 Å². The minimum atomic E-state index is -0.183. The Kier molecular flexibility index (Phi) is 3.98. The van der Waals surface area contributed by atoms with Gasteiger partial charge in [0.25, 0.3) is 5.91 Å². The molecule has 0 aliphatic heterocycles. The van der Waals surface area contributed by atoms with E-state index in [2.05, 4.69) is 29.5 Å². The molecule has 0 saturated heterocycles. The van der Waals surface area contributed by atoms with Crippen molar-refractivity contribution in [3.05, 3.63) is 71.0 Å². The molecule has 1 heterocycles. The van der Waals surface area contributed by atoms with Crippen molar-refractivity contribution in [1.29, 1.82) is 0 Å². The molecule has 0 aliphatic rings. The smallest absolute Gasteiger partial charge is 0.255 e. The summed E-state index contributed by atoms with van der Waals surface area (Å²) in [6.45, 7) is 6.13. The summed E-state index contributed by atoms with van der Waals surface area (Å²) in [6.07, 6.45) is 1.47. The van der Waals surface area contributed by atoms with Crippen LogP contribution in [-0.2, 0) is 0 Å². The third-order valence-corrected chi connectivity index (χ3v) is 3.77. The van der Waals surface area contributed by atoms with Crippen LogP contribution in [0.2, 0.25) is 0 Å². The van der Waals surface area contributed by atoms with Crippen molar-refractivity contribution in [2.24, 2.45) is 0 Å². The van der Waals surface area contributed by atoms with Crippen LogP contribution in [0.5, 0.6) is 0 Å². The molecule has 3 aromatic rings. The first-order valence-corrected chi connectivity index (χ1v) is 7.45. The number of aromatic nitrogens is 1. The minimum Gasteiger partial charge on any atom is -0.362 e. The molecule has 1 N–H and O–H groups in total. The Bertz CT molecular complexity index is 828. The molecule has 2 aromatic carbocycles. The Morgan fingerprint density at radius 3 is 2.35 bits per heavy atom. The van der Waals surface area contributed by atoms with Crippen molar-refractivity contribution >= 4 is 11.6 Å². The van der Waals surface area contributed by atoms with Gasteiger partial charge in [0.15, 0.2) is 0 Å². The number of carbonyl (C=O) groups excluding carboxylic acids is 1. The lowest BCUT2D eigenvalue weighted by Crippen LogP contribution is -2.12.